The molecular formula is C6H13NO2. The van der Waals surface area contributed by atoms with Gasteiger partial charge in [-0.25, -0.2) is 0 Å². The summed E-state index contributed by atoms with van der Waals surface area (Å²) in [6, 6.07) is 0. The summed E-state index contributed by atoms with van der Waals surface area (Å²) in [5, 5.41) is 20.9. The van der Waals surface area contributed by atoms with Gasteiger partial charge in [-0.15, -0.1) is 0 Å². The van der Waals surface area contributed by atoms with Gasteiger partial charge in [0.05, 0.1) is 6.10 Å². The van der Waals surface area contributed by atoms with Crippen LogP contribution in [-0.4, -0.2) is 36.0 Å². The lowest BCUT2D eigenvalue weighted by atomic mass is 9.96. The average molecular weight is 131 g/mol. The molecular weight excluding hydrogens is 118 g/mol. The third-order valence-electron chi connectivity index (χ3n) is 1.82. The van der Waals surface area contributed by atoms with E-state index < -0.39 is 0 Å². The topological polar surface area (TPSA) is 52.5 Å². The Balaban J connectivity index is 2.30. The van der Waals surface area contributed by atoms with Gasteiger partial charge in [0.1, 0.15) is 0 Å². The van der Waals surface area contributed by atoms with Gasteiger partial charge in [-0.1, -0.05) is 0 Å². The van der Waals surface area contributed by atoms with E-state index in [2.05, 4.69) is 5.32 Å². The van der Waals surface area contributed by atoms with Crippen molar-refractivity contribution in [2.75, 3.05) is 19.7 Å². The van der Waals surface area contributed by atoms with Crippen LogP contribution in [0.4, 0.5) is 0 Å². The van der Waals surface area contributed by atoms with Crippen molar-refractivity contribution in [3.05, 3.63) is 0 Å². The fourth-order valence-electron chi connectivity index (χ4n) is 1.11. The lowest BCUT2D eigenvalue weighted by Gasteiger charge is -2.26. The van der Waals surface area contributed by atoms with E-state index in [4.69, 9.17) is 10.2 Å². The zero-order valence-electron chi connectivity index (χ0n) is 5.38. The van der Waals surface area contributed by atoms with Gasteiger partial charge in [0.15, 0.2) is 0 Å². The van der Waals surface area contributed by atoms with E-state index in [0.29, 0.717) is 6.54 Å². The molecule has 2 atom stereocenters. The van der Waals surface area contributed by atoms with Crippen molar-refractivity contribution in [3.8, 4) is 0 Å². The van der Waals surface area contributed by atoms with Crippen molar-refractivity contribution in [1.82, 2.24) is 5.32 Å². The fraction of sp³-hybridized carbons (Fsp3) is 1.00. The maximum Gasteiger partial charge on any atom is 0.0715 e. The minimum atomic E-state index is -0.344. The van der Waals surface area contributed by atoms with Crippen molar-refractivity contribution >= 4 is 0 Å². The quantitative estimate of drug-likeness (QED) is 0.425. The molecule has 9 heavy (non-hydrogen) atoms. The van der Waals surface area contributed by atoms with Gasteiger partial charge in [-0.2, -0.15) is 0 Å². The highest BCUT2D eigenvalue weighted by atomic mass is 16.3. The zero-order valence-corrected chi connectivity index (χ0v) is 5.38. The summed E-state index contributed by atoms with van der Waals surface area (Å²) in [5.41, 5.74) is 0. The summed E-state index contributed by atoms with van der Waals surface area (Å²) in [7, 11) is 0. The first kappa shape index (κ1) is 6.99. The van der Waals surface area contributed by atoms with E-state index in [-0.39, 0.29) is 18.6 Å². The molecule has 3 heteroatoms. The Labute approximate surface area is 54.7 Å². The maximum absolute atomic E-state index is 9.15. The number of aliphatic hydroxyl groups excluding tert-OH is 2. The monoisotopic (exact) mass is 131 g/mol. The minimum Gasteiger partial charge on any atom is -0.396 e. The van der Waals surface area contributed by atoms with Crippen LogP contribution in [0, 0.1) is 5.92 Å². The Morgan fingerprint density at radius 3 is 2.78 bits per heavy atom. The Bertz CT molecular complexity index is 87.1. The van der Waals surface area contributed by atoms with E-state index in [9.17, 15) is 0 Å². The number of aliphatic hydroxyl groups is 2. The molecule has 1 saturated heterocycles. The van der Waals surface area contributed by atoms with E-state index in [1.54, 1.807) is 0 Å². The highest BCUT2D eigenvalue weighted by molar-refractivity contribution is 4.75. The summed E-state index contributed by atoms with van der Waals surface area (Å²) in [4.78, 5) is 0. The van der Waals surface area contributed by atoms with Gasteiger partial charge < -0.3 is 15.5 Å². The first-order valence-electron chi connectivity index (χ1n) is 3.34. The van der Waals surface area contributed by atoms with Crippen LogP contribution in [0.2, 0.25) is 0 Å². The molecule has 0 aromatic carbocycles. The number of rotatable bonds is 1. The molecule has 0 radical (unpaired) electrons. The molecule has 0 unspecified atom stereocenters. The van der Waals surface area contributed by atoms with Crippen LogP contribution in [-0.2, 0) is 0 Å². The van der Waals surface area contributed by atoms with Crippen LogP contribution in [0.5, 0.6) is 0 Å². The minimum absolute atomic E-state index is 0.103. The molecule has 0 spiro atoms. The number of piperidine rings is 1. The molecule has 0 bridgehead atoms. The summed E-state index contributed by atoms with van der Waals surface area (Å²) in [6.07, 6.45) is 0.543. The Hall–Kier alpha value is -0.120. The molecule has 0 aliphatic carbocycles. The van der Waals surface area contributed by atoms with Crippen molar-refractivity contribution in [3.63, 3.8) is 0 Å². The van der Waals surface area contributed by atoms with Gasteiger partial charge in [0, 0.05) is 19.1 Å². The van der Waals surface area contributed by atoms with Crippen molar-refractivity contribution in [2.24, 2.45) is 5.92 Å². The van der Waals surface area contributed by atoms with Crippen LogP contribution in [0.15, 0.2) is 0 Å². The van der Waals surface area contributed by atoms with E-state index in [1.807, 2.05) is 0 Å². The molecule has 1 aliphatic heterocycles. The summed E-state index contributed by atoms with van der Waals surface area (Å²) in [5.74, 6) is 0.103. The number of β-amino-alcohol motifs (C(OH)–C–C–N with tert-alkyl or cyclic N) is 1. The second-order valence-electron chi connectivity index (χ2n) is 2.50. The van der Waals surface area contributed by atoms with Gasteiger partial charge in [-0.05, 0) is 13.0 Å². The lowest BCUT2D eigenvalue weighted by Crippen LogP contribution is -2.41. The lowest BCUT2D eigenvalue weighted by molar-refractivity contribution is 0.0460. The Kier molecular flexibility index (Phi) is 2.45. The van der Waals surface area contributed by atoms with Crippen molar-refractivity contribution in [2.45, 2.75) is 12.5 Å². The van der Waals surface area contributed by atoms with Gasteiger partial charge >= 0.3 is 0 Å². The first-order chi connectivity index (χ1) is 4.34. The summed E-state index contributed by atoms with van der Waals surface area (Å²) < 4.78 is 0. The van der Waals surface area contributed by atoms with Crippen LogP contribution in [0.1, 0.15) is 6.42 Å². The third kappa shape index (κ3) is 1.64. The van der Waals surface area contributed by atoms with Gasteiger partial charge in [-0.3, -0.25) is 0 Å². The van der Waals surface area contributed by atoms with E-state index in [1.165, 1.54) is 0 Å². The number of hydrogen-bond acceptors (Lipinski definition) is 3. The molecule has 54 valence electrons. The van der Waals surface area contributed by atoms with Crippen LogP contribution < -0.4 is 5.32 Å². The molecule has 0 aromatic rings. The predicted octanol–water partition coefficient (Wildman–Crippen LogP) is -1.05. The highest BCUT2D eigenvalue weighted by Crippen LogP contribution is 2.10. The predicted molar refractivity (Wildman–Crippen MR) is 34.1 cm³/mol. The average Bonchev–Trinajstić information content (AvgIpc) is 1.89. The smallest absolute Gasteiger partial charge is 0.0715 e. The van der Waals surface area contributed by atoms with Crippen LogP contribution in [0.3, 0.4) is 0 Å². The molecule has 1 aliphatic rings. The molecule has 0 aromatic heterocycles. The largest absolute Gasteiger partial charge is 0.396 e. The van der Waals surface area contributed by atoms with Crippen molar-refractivity contribution < 1.29 is 10.2 Å². The zero-order chi connectivity index (χ0) is 6.69. The van der Waals surface area contributed by atoms with E-state index in [0.717, 1.165) is 13.0 Å². The maximum atomic E-state index is 9.15. The fourth-order valence-corrected chi connectivity index (χ4v) is 1.11. The summed E-state index contributed by atoms with van der Waals surface area (Å²) in [6.45, 7) is 1.66. The molecule has 1 heterocycles. The summed E-state index contributed by atoms with van der Waals surface area (Å²) >= 11 is 0. The number of nitrogens with one attached hydrogen (secondary N) is 1. The van der Waals surface area contributed by atoms with Crippen LogP contribution >= 0.6 is 0 Å². The Morgan fingerprint density at radius 1 is 1.56 bits per heavy atom. The van der Waals surface area contributed by atoms with Gasteiger partial charge in [0.2, 0.25) is 0 Å². The third-order valence-corrected chi connectivity index (χ3v) is 1.82. The van der Waals surface area contributed by atoms with E-state index >= 15 is 0 Å². The standard InChI is InChI=1S/C6H13NO2/c8-4-5-1-2-7-3-6(5)9/h5-9H,1-4H2/t5-,6-/m1/s1. The van der Waals surface area contributed by atoms with Crippen LogP contribution in [0.25, 0.3) is 0 Å². The molecule has 1 fully saturated rings. The second-order valence-corrected chi connectivity index (χ2v) is 2.50. The second kappa shape index (κ2) is 3.15. The number of hydrogen-bond donors (Lipinski definition) is 3. The normalized spacial score (nSPS) is 36.7. The molecule has 3 nitrogen and oxygen atoms in total. The van der Waals surface area contributed by atoms with Gasteiger partial charge in [0.25, 0.3) is 0 Å². The Morgan fingerprint density at radius 2 is 2.33 bits per heavy atom. The highest BCUT2D eigenvalue weighted by Gasteiger charge is 2.20. The SMILES string of the molecule is OC[C@H]1CCNC[C@H]1O. The molecule has 0 saturated carbocycles. The molecule has 3 N–H and O–H groups in total. The first-order valence-corrected chi connectivity index (χ1v) is 3.34. The molecule has 1 rings (SSSR count). The molecule has 0 amide bonds. The van der Waals surface area contributed by atoms with Crippen molar-refractivity contribution in [1.29, 1.82) is 0 Å².